The largest absolute Gasteiger partial charge is 0.490 e. The maximum Gasteiger partial charge on any atom is 0.273 e. The van der Waals surface area contributed by atoms with Crippen molar-refractivity contribution in [2.24, 2.45) is 0 Å². The van der Waals surface area contributed by atoms with E-state index in [1.807, 2.05) is 0 Å². The number of halogens is 1. The molecule has 8 heteroatoms. The summed E-state index contributed by atoms with van der Waals surface area (Å²) in [6.45, 7) is 4.28. The molecule has 7 nitrogen and oxygen atoms in total. The van der Waals surface area contributed by atoms with E-state index >= 15 is 0 Å². The van der Waals surface area contributed by atoms with Gasteiger partial charge in [0.1, 0.15) is 23.9 Å². The zero-order chi connectivity index (χ0) is 21.3. The van der Waals surface area contributed by atoms with Gasteiger partial charge in [0.2, 0.25) is 5.91 Å². The van der Waals surface area contributed by atoms with Crippen molar-refractivity contribution in [2.45, 2.75) is 19.4 Å². The molecule has 0 aliphatic heterocycles. The highest BCUT2D eigenvalue weighted by Gasteiger charge is 2.10. The van der Waals surface area contributed by atoms with Crippen molar-refractivity contribution in [1.82, 2.24) is 20.5 Å². The standard InChI is InChI=1S/C22H21FN4O3/c1-2-13-30-18-9-5-16(6-10-18)21-25-22(29)19(26-27-21)11-12-20(28)24-14-15-3-7-17(23)8-4-15/h2-10H,1,11-14H2,(H,24,28)(H,25,27,29). The number of aromatic nitrogens is 3. The van der Waals surface area contributed by atoms with Crippen LogP contribution in [0.4, 0.5) is 4.39 Å². The lowest BCUT2D eigenvalue weighted by Gasteiger charge is -2.06. The van der Waals surface area contributed by atoms with Gasteiger partial charge in [0.25, 0.3) is 5.56 Å². The molecule has 0 aliphatic rings. The molecule has 3 aromatic rings. The summed E-state index contributed by atoms with van der Waals surface area (Å²) < 4.78 is 18.3. The minimum Gasteiger partial charge on any atom is -0.490 e. The Morgan fingerprint density at radius 1 is 1.13 bits per heavy atom. The Morgan fingerprint density at radius 2 is 1.87 bits per heavy atom. The summed E-state index contributed by atoms with van der Waals surface area (Å²) in [5.41, 5.74) is 1.27. The van der Waals surface area contributed by atoms with Crippen molar-refractivity contribution in [2.75, 3.05) is 6.61 Å². The van der Waals surface area contributed by atoms with Crippen LogP contribution in [0.5, 0.6) is 5.75 Å². The fourth-order valence-corrected chi connectivity index (χ4v) is 2.64. The molecule has 154 valence electrons. The molecule has 0 unspecified atom stereocenters. The first-order valence-electron chi connectivity index (χ1n) is 9.36. The molecule has 0 saturated carbocycles. The first-order valence-corrected chi connectivity index (χ1v) is 9.36. The van der Waals surface area contributed by atoms with Crippen LogP contribution in [-0.4, -0.2) is 27.7 Å². The number of nitrogens with one attached hydrogen (secondary N) is 2. The lowest BCUT2D eigenvalue weighted by Crippen LogP contribution is -2.25. The first kappa shape index (κ1) is 20.9. The average molecular weight is 408 g/mol. The molecule has 1 heterocycles. The van der Waals surface area contributed by atoms with Gasteiger partial charge in [0, 0.05) is 24.9 Å². The highest BCUT2D eigenvalue weighted by molar-refractivity contribution is 5.76. The molecule has 1 aromatic heterocycles. The molecular weight excluding hydrogens is 387 g/mol. The van der Waals surface area contributed by atoms with E-state index in [-0.39, 0.29) is 36.8 Å². The first-order chi connectivity index (χ1) is 14.5. The predicted molar refractivity (Wildman–Crippen MR) is 110 cm³/mol. The number of hydrogen-bond acceptors (Lipinski definition) is 5. The summed E-state index contributed by atoms with van der Waals surface area (Å²) in [5, 5.41) is 10.7. The number of nitrogens with zero attached hydrogens (tertiary/aromatic N) is 2. The predicted octanol–water partition coefficient (Wildman–Crippen LogP) is 2.78. The van der Waals surface area contributed by atoms with Crippen molar-refractivity contribution in [3.8, 4) is 17.1 Å². The number of hydrogen-bond donors (Lipinski definition) is 2. The number of aryl methyl sites for hydroxylation is 1. The Labute approximate surface area is 172 Å². The minimum atomic E-state index is -0.390. The Hall–Kier alpha value is -3.81. The van der Waals surface area contributed by atoms with E-state index in [2.05, 4.69) is 27.1 Å². The quantitative estimate of drug-likeness (QED) is 0.531. The van der Waals surface area contributed by atoms with E-state index in [4.69, 9.17) is 4.74 Å². The van der Waals surface area contributed by atoms with Gasteiger partial charge in [-0.3, -0.25) is 9.59 Å². The van der Waals surface area contributed by atoms with Gasteiger partial charge in [-0.2, -0.15) is 0 Å². The normalized spacial score (nSPS) is 10.4. The van der Waals surface area contributed by atoms with Crippen LogP contribution in [0.15, 0.2) is 66.0 Å². The Bertz CT molecular complexity index is 1060. The van der Waals surface area contributed by atoms with E-state index in [9.17, 15) is 14.0 Å². The number of carbonyl (C=O) groups is 1. The van der Waals surface area contributed by atoms with E-state index in [0.717, 1.165) is 5.56 Å². The summed E-state index contributed by atoms with van der Waals surface area (Å²) in [6, 6.07) is 12.9. The van der Waals surface area contributed by atoms with E-state index < -0.39 is 5.56 Å². The molecule has 1 amide bonds. The van der Waals surface area contributed by atoms with Crippen LogP contribution in [0.2, 0.25) is 0 Å². The van der Waals surface area contributed by atoms with Crippen molar-refractivity contribution in [3.63, 3.8) is 0 Å². The zero-order valence-corrected chi connectivity index (χ0v) is 16.2. The van der Waals surface area contributed by atoms with Crippen LogP contribution in [0, 0.1) is 5.82 Å². The maximum atomic E-state index is 12.9. The van der Waals surface area contributed by atoms with E-state index in [1.54, 1.807) is 42.5 Å². The number of benzene rings is 2. The van der Waals surface area contributed by atoms with Gasteiger partial charge < -0.3 is 15.0 Å². The van der Waals surface area contributed by atoms with Crippen molar-refractivity contribution in [3.05, 3.63) is 88.6 Å². The second-order valence-electron chi connectivity index (χ2n) is 6.48. The molecule has 0 aliphatic carbocycles. The number of H-pyrrole nitrogens is 1. The van der Waals surface area contributed by atoms with Crippen molar-refractivity contribution >= 4 is 5.91 Å². The summed E-state index contributed by atoms with van der Waals surface area (Å²) >= 11 is 0. The molecule has 0 radical (unpaired) electrons. The highest BCUT2D eigenvalue weighted by atomic mass is 19.1. The number of aromatic amines is 1. The fraction of sp³-hybridized carbons (Fsp3) is 0.182. The number of amides is 1. The topological polar surface area (TPSA) is 97.0 Å². The van der Waals surface area contributed by atoms with Crippen molar-refractivity contribution < 1.29 is 13.9 Å². The molecule has 0 saturated heterocycles. The van der Waals surface area contributed by atoms with Crippen LogP contribution in [-0.2, 0) is 17.8 Å². The van der Waals surface area contributed by atoms with Crippen LogP contribution in [0.1, 0.15) is 17.7 Å². The molecule has 2 N–H and O–H groups in total. The van der Waals surface area contributed by atoms with Crippen molar-refractivity contribution in [1.29, 1.82) is 0 Å². The van der Waals surface area contributed by atoms with Crippen LogP contribution in [0.3, 0.4) is 0 Å². The summed E-state index contributed by atoms with van der Waals surface area (Å²) in [6.07, 6.45) is 1.90. The lowest BCUT2D eigenvalue weighted by atomic mass is 10.2. The Balaban J connectivity index is 1.54. The lowest BCUT2D eigenvalue weighted by molar-refractivity contribution is -0.121. The SMILES string of the molecule is C=CCOc1ccc(-c2nnc(CCC(=O)NCc3ccc(F)cc3)c(=O)[nH]2)cc1. The molecule has 3 rings (SSSR count). The van der Waals surface area contributed by atoms with Gasteiger partial charge in [-0.1, -0.05) is 24.8 Å². The smallest absolute Gasteiger partial charge is 0.273 e. The Kier molecular flexibility index (Phi) is 7.05. The Morgan fingerprint density at radius 3 is 2.53 bits per heavy atom. The van der Waals surface area contributed by atoms with Crippen LogP contribution in [0.25, 0.3) is 11.4 Å². The third-order valence-electron chi connectivity index (χ3n) is 4.25. The average Bonchev–Trinajstić information content (AvgIpc) is 2.77. The van der Waals surface area contributed by atoms with Crippen LogP contribution < -0.4 is 15.6 Å². The minimum absolute atomic E-state index is 0.0909. The molecule has 0 bridgehead atoms. The molecule has 30 heavy (non-hydrogen) atoms. The molecule has 0 spiro atoms. The van der Waals surface area contributed by atoms with Gasteiger partial charge in [-0.15, -0.1) is 10.2 Å². The van der Waals surface area contributed by atoms with Gasteiger partial charge in [0.15, 0.2) is 5.82 Å². The molecule has 0 fully saturated rings. The third-order valence-corrected chi connectivity index (χ3v) is 4.25. The number of ether oxygens (including phenoxy) is 1. The molecular formula is C22H21FN4O3. The van der Waals surface area contributed by atoms with E-state index in [1.165, 1.54) is 12.1 Å². The molecule has 0 atom stereocenters. The van der Waals surface area contributed by atoms with Gasteiger partial charge in [-0.25, -0.2) is 4.39 Å². The summed E-state index contributed by atoms with van der Waals surface area (Å²) in [5.74, 6) is 0.444. The fourth-order valence-electron chi connectivity index (χ4n) is 2.64. The van der Waals surface area contributed by atoms with Gasteiger partial charge in [0.05, 0.1) is 0 Å². The second-order valence-corrected chi connectivity index (χ2v) is 6.48. The number of carbonyl (C=O) groups excluding carboxylic acids is 1. The highest BCUT2D eigenvalue weighted by Crippen LogP contribution is 2.18. The van der Waals surface area contributed by atoms with E-state index in [0.29, 0.717) is 23.7 Å². The third kappa shape index (κ3) is 5.84. The summed E-state index contributed by atoms with van der Waals surface area (Å²) in [4.78, 5) is 27.0. The monoisotopic (exact) mass is 408 g/mol. The second kappa shape index (κ2) is 10.1. The van der Waals surface area contributed by atoms with Gasteiger partial charge in [-0.05, 0) is 42.0 Å². The molecule has 2 aromatic carbocycles. The maximum absolute atomic E-state index is 12.9. The van der Waals surface area contributed by atoms with Crippen LogP contribution >= 0.6 is 0 Å². The van der Waals surface area contributed by atoms with Gasteiger partial charge >= 0.3 is 0 Å². The zero-order valence-electron chi connectivity index (χ0n) is 16.2. The summed E-state index contributed by atoms with van der Waals surface area (Å²) in [7, 11) is 0. The number of rotatable bonds is 9.